The predicted molar refractivity (Wildman–Crippen MR) is 67.8 cm³/mol. The average molecular weight is 250 g/mol. The SMILES string of the molecule is O=C(N[C@H]1CCN(C(=O)C2CCC2)C1)C1CCC1. The van der Waals surface area contributed by atoms with Crippen LogP contribution < -0.4 is 5.32 Å². The molecule has 0 spiro atoms. The molecule has 2 aliphatic carbocycles. The molecule has 0 unspecified atom stereocenters. The van der Waals surface area contributed by atoms with E-state index >= 15 is 0 Å². The van der Waals surface area contributed by atoms with Crippen molar-refractivity contribution in [3.05, 3.63) is 0 Å². The first kappa shape index (κ1) is 12.0. The maximum Gasteiger partial charge on any atom is 0.225 e. The molecule has 0 aromatic rings. The Labute approximate surface area is 108 Å². The van der Waals surface area contributed by atoms with Crippen molar-refractivity contribution in [2.45, 2.75) is 51.0 Å². The molecule has 0 radical (unpaired) electrons. The van der Waals surface area contributed by atoms with Crippen molar-refractivity contribution in [1.82, 2.24) is 10.2 Å². The Balaban J connectivity index is 1.45. The van der Waals surface area contributed by atoms with Gasteiger partial charge < -0.3 is 10.2 Å². The minimum Gasteiger partial charge on any atom is -0.351 e. The predicted octanol–water partition coefficient (Wildman–Crippen LogP) is 1.30. The lowest BCUT2D eigenvalue weighted by atomic mass is 9.84. The van der Waals surface area contributed by atoms with Crippen molar-refractivity contribution in [1.29, 1.82) is 0 Å². The molecule has 3 fully saturated rings. The maximum atomic E-state index is 12.1. The van der Waals surface area contributed by atoms with E-state index < -0.39 is 0 Å². The molecule has 0 aromatic carbocycles. The summed E-state index contributed by atoms with van der Waals surface area (Å²) < 4.78 is 0. The average Bonchev–Trinajstić information content (AvgIpc) is 2.60. The minimum absolute atomic E-state index is 0.196. The molecule has 18 heavy (non-hydrogen) atoms. The van der Waals surface area contributed by atoms with E-state index in [2.05, 4.69) is 5.32 Å². The van der Waals surface area contributed by atoms with Gasteiger partial charge in [-0.25, -0.2) is 0 Å². The number of nitrogens with zero attached hydrogens (tertiary/aromatic N) is 1. The highest BCUT2D eigenvalue weighted by atomic mass is 16.2. The van der Waals surface area contributed by atoms with Gasteiger partial charge in [0.1, 0.15) is 0 Å². The molecule has 1 atom stereocenters. The summed E-state index contributed by atoms with van der Waals surface area (Å²) >= 11 is 0. The van der Waals surface area contributed by atoms with Gasteiger partial charge in [-0.05, 0) is 32.1 Å². The molecule has 2 saturated carbocycles. The number of amides is 2. The third-order valence-corrected chi connectivity index (χ3v) is 4.78. The number of rotatable bonds is 3. The van der Waals surface area contributed by atoms with Gasteiger partial charge in [-0.2, -0.15) is 0 Å². The lowest BCUT2D eigenvalue weighted by molar-refractivity contribution is -0.137. The van der Waals surface area contributed by atoms with Gasteiger partial charge in [0.05, 0.1) is 0 Å². The highest BCUT2D eigenvalue weighted by molar-refractivity contribution is 5.81. The Bertz CT molecular complexity index is 348. The molecule has 0 aromatic heterocycles. The van der Waals surface area contributed by atoms with Crippen LogP contribution in [0.25, 0.3) is 0 Å². The Morgan fingerprint density at radius 3 is 2.17 bits per heavy atom. The summed E-state index contributed by atoms with van der Waals surface area (Å²) in [7, 11) is 0. The first-order valence-corrected chi connectivity index (χ1v) is 7.33. The Hall–Kier alpha value is -1.06. The molecule has 1 heterocycles. The zero-order valence-corrected chi connectivity index (χ0v) is 10.9. The maximum absolute atomic E-state index is 12.1. The summed E-state index contributed by atoms with van der Waals surface area (Å²) in [6.45, 7) is 1.55. The van der Waals surface area contributed by atoms with Crippen LogP contribution in [0.5, 0.6) is 0 Å². The van der Waals surface area contributed by atoms with E-state index in [-0.39, 0.29) is 23.8 Å². The Morgan fingerprint density at radius 2 is 1.61 bits per heavy atom. The van der Waals surface area contributed by atoms with Gasteiger partial charge in [-0.15, -0.1) is 0 Å². The second kappa shape index (κ2) is 4.90. The summed E-state index contributed by atoms with van der Waals surface area (Å²) in [6.07, 6.45) is 7.54. The van der Waals surface area contributed by atoms with Crippen molar-refractivity contribution in [2.75, 3.05) is 13.1 Å². The van der Waals surface area contributed by atoms with Crippen LogP contribution in [0, 0.1) is 11.8 Å². The molecule has 0 bridgehead atoms. The molecule has 4 nitrogen and oxygen atoms in total. The van der Waals surface area contributed by atoms with Crippen molar-refractivity contribution in [3.8, 4) is 0 Å². The second-order valence-corrected chi connectivity index (χ2v) is 6.03. The normalized spacial score (nSPS) is 28.7. The highest BCUT2D eigenvalue weighted by Gasteiger charge is 2.35. The van der Waals surface area contributed by atoms with Crippen LogP contribution in [-0.4, -0.2) is 35.8 Å². The smallest absolute Gasteiger partial charge is 0.225 e. The van der Waals surface area contributed by atoms with Crippen molar-refractivity contribution in [3.63, 3.8) is 0 Å². The van der Waals surface area contributed by atoms with E-state index in [0.717, 1.165) is 45.2 Å². The Kier molecular flexibility index (Phi) is 3.27. The lowest BCUT2D eigenvalue weighted by Gasteiger charge is -2.29. The fourth-order valence-corrected chi connectivity index (χ4v) is 2.98. The summed E-state index contributed by atoms with van der Waals surface area (Å²) in [5, 5.41) is 3.11. The zero-order chi connectivity index (χ0) is 12.5. The molecule has 1 aliphatic heterocycles. The molecule has 4 heteroatoms. The first-order chi connectivity index (χ1) is 8.74. The summed E-state index contributed by atoms with van der Waals surface area (Å²) in [5.41, 5.74) is 0. The van der Waals surface area contributed by atoms with Crippen LogP contribution in [0.15, 0.2) is 0 Å². The quantitative estimate of drug-likeness (QED) is 0.821. The highest BCUT2D eigenvalue weighted by Crippen LogP contribution is 2.30. The van der Waals surface area contributed by atoms with Gasteiger partial charge in [-0.3, -0.25) is 9.59 Å². The van der Waals surface area contributed by atoms with Gasteiger partial charge >= 0.3 is 0 Å². The number of carbonyl (C=O) groups excluding carboxylic acids is 2. The minimum atomic E-state index is 0.196. The van der Waals surface area contributed by atoms with Gasteiger partial charge in [-0.1, -0.05) is 12.8 Å². The monoisotopic (exact) mass is 250 g/mol. The molecule has 3 rings (SSSR count). The van der Waals surface area contributed by atoms with E-state index in [0.29, 0.717) is 5.91 Å². The van der Waals surface area contributed by atoms with E-state index in [1.807, 2.05) is 4.90 Å². The molecule has 1 saturated heterocycles. The van der Waals surface area contributed by atoms with Crippen LogP contribution in [0.2, 0.25) is 0 Å². The van der Waals surface area contributed by atoms with Gasteiger partial charge in [0.25, 0.3) is 0 Å². The van der Waals surface area contributed by atoms with Crippen LogP contribution in [0.3, 0.4) is 0 Å². The van der Waals surface area contributed by atoms with Crippen LogP contribution in [-0.2, 0) is 9.59 Å². The fourth-order valence-electron chi connectivity index (χ4n) is 2.98. The number of hydrogen-bond donors (Lipinski definition) is 1. The molecular weight excluding hydrogens is 228 g/mol. The largest absolute Gasteiger partial charge is 0.351 e. The van der Waals surface area contributed by atoms with Crippen molar-refractivity contribution in [2.24, 2.45) is 11.8 Å². The molecule has 1 N–H and O–H groups in total. The number of hydrogen-bond acceptors (Lipinski definition) is 2. The van der Waals surface area contributed by atoms with Gasteiger partial charge in [0.2, 0.25) is 11.8 Å². The van der Waals surface area contributed by atoms with Crippen LogP contribution >= 0.6 is 0 Å². The molecule has 100 valence electrons. The van der Waals surface area contributed by atoms with E-state index in [4.69, 9.17) is 0 Å². The Morgan fingerprint density at radius 1 is 0.944 bits per heavy atom. The van der Waals surface area contributed by atoms with Crippen molar-refractivity contribution >= 4 is 11.8 Å². The van der Waals surface area contributed by atoms with Gasteiger partial charge in [0.15, 0.2) is 0 Å². The van der Waals surface area contributed by atoms with E-state index in [1.54, 1.807) is 0 Å². The molecule has 2 amide bonds. The topological polar surface area (TPSA) is 49.4 Å². The number of carbonyl (C=O) groups is 2. The summed E-state index contributed by atoms with van der Waals surface area (Å²) in [6, 6.07) is 0.196. The summed E-state index contributed by atoms with van der Waals surface area (Å²) in [4.78, 5) is 25.9. The third-order valence-electron chi connectivity index (χ3n) is 4.78. The van der Waals surface area contributed by atoms with E-state index in [1.165, 1.54) is 12.8 Å². The first-order valence-electron chi connectivity index (χ1n) is 7.33. The molecular formula is C14H22N2O2. The van der Waals surface area contributed by atoms with Gasteiger partial charge in [0, 0.05) is 31.0 Å². The van der Waals surface area contributed by atoms with E-state index in [9.17, 15) is 9.59 Å². The fraction of sp³-hybridized carbons (Fsp3) is 0.857. The molecule has 3 aliphatic rings. The standard InChI is InChI=1S/C14H22N2O2/c17-13(10-3-1-4-10)15-12-7-8-16(9-12)14(18)11-5-2-6-11/h10-12H,1-9H2,(H,15,17)/t12-/m0/s1. The second-order valence-electron chi connectivity index (χ2n) is 6.03. The zero-order valence-electron chi connectivity index (χ0n) is 10.9. The van der Waals surface area contributed by atoms with Crippen LogP contribution in [0.4, 0.5) is 0 Å². The number of likely N-dealkylation sites (tertiary alicyclic amines) is 1. The van der Waals surface area contributed by atoms with Crippen LogP contribution in [0.1, 0.15) is 44.9 Å². The lowest BCUT2D eigenvalue weighted by Crippen LogP contribution is -2.44. The van der Waals surface area contributed by atoms with Crippen molar-refractivity contribution < 1.29 is 9.59 Å². The summed E-state index contributed by atoms with van der Waals surface area (Å²) in [5.74, 6) is 1.07. The number of nitrogens with one attached hydrogen (secondary N) is 1. The third kappa shape index (κ3) is 2.25.